The molecule has 1 heterocycles. The first-order valence-corrected chi connectivity index (χ1v) is 7.99. The van der Waals surface area contributed by atoms with Crippen LogP contribution in [0, 0.1) is 11.7 Å². The van der Waals surface area contributed by atoms with Crippen molar-refractivity contribution in [1.29, 1.82) is 0 Å². The van der Waals surface area contributed by atoms with Crippen LogP contribution >= 0.6 is 11.6 Å². The lowest BCUT2D eigenvalue weighted by molar-refractivity contribution is 0.0729. The van der Waals surface area contributed by atoms with Gasteiger partial charge in [-0.15, -0.1) is 0 Å². The molecule has 1 amide bonds. The van der Waals surface area contributed by atoms with E-state index in [1.807, 2.05) is 0 Å². The van der Waals surface area contributed by atoms with E-state index in [1.54, 1.807) is 11.0 Å². The maximum atomic E-state index is 14.1. The molecule has 3 nitrogen and oxygen atoms in total. The maximum absolute atomic E-state index is 14.1. The summed E-state index contributed by atoms with van der Waals surface area (Å²) in [7, 11) is 0. The van der Waals surface area contributed by atoms with Crippen LogP contribution in [0.3, 0.4) is 0 Å². The molecular formula is C16H20ClFN2O. The molecule has 1 saturated carbocycles. The van der Waals surface area contributed by atoms with Gasteiger partial charge in [-0.05, 0) is 50.3 Å². The van der Waals surface area contributed by atoms with Crippen molar-refractivity contribution in [2.45, 2.75) is 31.7 Å². The standard InChI is InChI=1S/C16H20ClFN2O/c17-14-5-1-4-13(15(14)18)16(21)20(9-11-6-7-11)10-12-3-2-8-19-12/h1,4-5,11-12,19H,2-3,6-10H2. The van der Waals surface area contributed by atoms with Gasteiger partial charge in [-0.1, -0.05) is 17.7 Å². The summed E-state index contributed by atoms with van der Waals surface area (Å²) in [5.41, 5.74) is 0.0844. The Morgan fingerprint density at radius 1 is 1.33 bits per heavy atom. The number of hydrogen-bond donors (Lipinski definition) is 1. The largest absolute Gasteiger partial charge is 0.337 e. The van der Waals surface area contributed by atoms with Crippen molar-refractivity contribution in [2.75, 3.05) is 19.6 Å². The van der Waals surface area contributed by atoms with Crippen LogP contribution in [-0.4, -0.2) is 36.5 Å². The maximum Gasteiger partial charge on any atom is 0.256 e. The average Bonchev–Trinajstić information content (AvgIpc) is 3.14. The summed E-state index contributed by atoms with van der Waals surface area (Å²) in [5, 5.41) is 3.41. The number of carbonyl (C=O) groups excluding carboxylic acids is 1. The molecule has 0 aromatic heterocycles. The minimum atomic E-state index is -0.607. The number of benzene rings is 1. The molecule has 1 saturated heterocycles. The van der Waals surface area contributed by atoms with Crippen LogP contribution in [0.4, 0.5) is 4.39 Å². The fraction of sp³-hybridized carbons (Fsp3) is 0.562. The van der Waals surface area contributed by atoms with Gasteiger partial charge in [-0.3, -0.25) is 4.79 Å². The number of halogens is 2. The molecule has 3 rings (SSSR count). The van der Waals surface area contributed by atoms with Crippen LogP contribution in [0.2, 0.25) is 5.02 Å². The summed E-state index contributed by atoms with van der Waals surface area (Å²) >= 11 is 5.79. The van der Waals surface area contributed by atoms with E-state index in [0.717, 1.165) is 25.9 Å². The second-order valence-electron chi connectivity index (χ2n) is 6.05. The molecule has 2 aliphatic rings. The summed E-state index contributed by atoms with van der Waals surface area (Å²) in [5.74, 6) is -0.266. The van der Waals surface area contributed by atoms with Gasteiger partial charge < -0.3 is 10.2 Å². The number of hydrogen-bond acceptors (Lipinski definition) is 2. The molecule has 1 N–H and O–H groups in total. The molecule has 1 atom stereocenters. The van der Waals surface area contributed by atoms with Crippen LogP contribution < -0.4 is 5.32 Å². The lowest BCUT2D eigenvalue weighted by atomic mass is 10.1. The second kappa shape index (κ2) is 6.32. The Kier molecular flexibility index (Phi) is 4.45. The number of nitrogens with zero attached hydrogens (tertiary/aromatic N) is 1. The van der Waals surface area contributed by atoms with Gasteiger partial charge in [0.05, 0.1) is 10.6 Å². The molecule has 0 radical (unpaired) electrons. The number of amides is 1. The highest BCUT2D eigenvalue weighted by molar-refractivity contribution is 6.31. The smallest absolute Gasteiger partial charge is 0.256 e. The number of nitrogens with one attached hydrogen (secondary N) is 1. The highest BCUT2D eigenvalue weighted by atomic mass is 35.5. The van der Waals surface area contributed by atoms with Crippen LogP contribution in [0.15, 0.2) is 18.2 Å². The highest BCUT2D eigenvalue weighted by Crippen LogP contribution is 2.31. The van der Waals surface area contributed by atoms with Crippen molar-refractivity contribution in [3.05, 3.63) is 34.6 Å². The third-order valence-electron chi connectivity index (χ3n) is 4.25. The van der Waals surface area contributed by atoms with Crippen molar-refractivity contribution in [2.24, 2.45) is 5.92 Å². The predicted molar refractivity (Wildman–Crippen MR) is 81.1 cm³/mol. The van der Waals surface area contributed by atoms with Crippen LogP contribution in [0.1, 0.15) is 36.0 Å². The Balaban J connectivity index is 1.76. The normalized spacial score (nSPS) is 21.5. The minimum Gasteiger partial charge on any atom is -0.337 e. The molecule has 1 aliphatic heterocycles. The van der Waals surface area contributed by atoms with E-state index in [-0.39, 0.29) is 16.5 Å². The van der Waals surface area contributed by atoms with E-state index < -0.39 is 5.82 Å². The van der Waals surface area contributed by atoms with Crippen molar-refractivity contribution in [3.8, 4) is 0 Å². The van der Waals surface area contributed by atoms with E-state index in [4.69, 9.17) is 11.6 Å². The first-order chi connectivity index (χ1) is 10.1. The lowest BCUT2D eigenvalue weighted by Gasteiger charge is -2.26. The molecule has 1 aromatic carbocycles. The Morgan fingerprint density at radius 2 is 2.14 bits per heavy atom. The van der Waals surface area contributed by atoms with E-state index in [0.29, 0.717) is 18.5 Å². The summed E-state index contributed by atoms with van der Waals surface area (Å²) < 4.78 is 14.1. The average molecular weight is 311 g/mol. The van der Waals surface area contributed by atoms with E-state index in [1.165, 1.54) is 25.0 Å². The van der Waals surface area contributed by atoms with Gasteiger partial charge in [-0.25, -0.2) is 4.39 Å². The van der Waals surface area contributed by atoms with Crippen LogP contribution in [0.25, 0.3) is 0 Å². The molecular weight excluding hydrogens is 291 g/mol. The Labute approximate surface area is 129 Å². The lowest BCUT2D eigenvalue weighted by Crippen LogP contribution is -2.42. The first-order valence-electron chi connectivity index (χ1n) is 7.62. The van der Waals surface area contributed by atoms with Gasteiger partial charge in [0.2, 0.25) is 0 Å². The summed E-state index contributed by atoms with van der Waals surface area (Å²) in [6, 6.07) is 4.94. The second-order valence-corrected chi connectivity index (χ2v) is 6.46. The van der Waals surface area contributed by atoms with Gasteiger partial charge >= 0.3 is 0 Å². The monoisotopic (exact) mass is 310 g/mol. The van der Waals surface area contributed by atoms with Crippen molar-refractivity contribution < 1.29 is 9.18 Å². The Bertz CT molecular complexity index is 527. The summed E-state index contributed by atoms with van der Waals surface area (Å²) in [6.07, 6.45) is 4.55. The van der Waals surface area contributed by atoms with Gasteiger partial charge in [0, 0.05) is 19.1 Å². The van der Waals surface area contributed by atoms with Gasteiger partial charge in [-0.2, -0.15) is 0 Å². The third kappa shape index (κ3) is 3.55. The van der Waals surface area contributed by atoms with Gasteiger partial charge in [0.1, 0.15) is 0 Å². The molecule has 1 unspecified atom stereocenters. The zero-order chi connectivity index (χ0) is 14.8. The highest BCUT2D eigenvalue weighted by Gasteiger charge is 2.30. The molecule has 21 heavy (non-hydrogen) atoms. The molecule has 5 heteroatoms. The Hall–Kier alpha value is -1.13. The molecule has 2 fully saturated rings. The summed E-state index contributed by atoms with van der Waals surface area (Å²) in [6.45, 7) is 2.38. The van der Waals surface area contributed by atoms with E-state index in [9.17, 15) is 9.18 Å². The number of rotatable bonds is 5. The van der Waals surface area contributed by atoms with Crippen LogP contribution in [-0.2, 0) is 0 Å². The molecule has 114 valence electrons. The van der Waals surface area contributed by atoms with Crippen LogP contribution in [0.5, 0.6) is 0 Å². The van der Waals surface area contributed by atoms with Crippen molar-refractivity contribution in [3.63, 3.8) is 0 Å². The predicted octanol–water partition coefficient (Wildman–Crippen LogP) is 3.08. The quantitative estimate of drug-likeness (QED) is 0.906. The van der Waals surface area contributed by atoms with E-state index >= 15 is 0 Å². The van der Waals surface area contributed by atoms with E-state index in [2.05, 4.69) is 5.32 Å². The zero-order valence-electron chi connectivity index (χ0n) is 11.9. The number of carbonyl (C=O) groups is 1. The van der Waals surface area contributed by atoms with Gasteiger partial charge in [0.25, 0.3) is 5.91 Å². The first kappa shape index (κ1) is 14.8. The third-order valence-corrected chi connectivity index (χ3v) is 4.54. The Morgan fingerprint density at radius 3 is 2.81 bits per heavy atom. The molecule has 0 spiro atoms. The zero-order valence-corrected chi connectivity index (χ0v) is 12.7. The molecule has 0 bridgehead atoms. The van der Waals surface area contributed by atoms with Crippen molar-refractivity contribution in [1.82, 2.24) is 10.2 Å². The molecule has 1 aliphatic carbocycles. The topological polar surface area (TPSA) is 32.3 Å². The fourth-order valence-corrected chi connectivity index (χ4v) is 3.04. The summed E-state index contributed by atoms with van der Waals surface area (Å²) in [4.78, 5) is 14.5. The fourth-order valence-electron chi connectivity index (χ4n) is 2.87. The minimum absolute atomic E-state index is 0.00575. The van der Waals surface area contributed by atoms with Gasteiger partial charge in [0.15, 0.2) is 5.82 Å². The SMILES string of the molecule is O=C(c1cccc(Cl)c1F)N(CC1CC1)CC1CCCN1. The molecule has 1 aromatic rings. The van der Waals surface area contributed by atoms with Crippen molar-refractivity contribution >= 4 is 17.5 Å².